The first-order valence-electron chi connectivity index (χ1n) is 6.45. The highest BCUT2D eigenvalue weighted by Crippen LogP contribution is 2.13. The molecule has 90 valence electrons. The molecule has 0 radical (unpaired) electrons. The van der Waals surface area contributed by atoms with Gasteiger partial charge < -0.3 is 9.80 Å². The van der Waals surface area contributed by atoms with Crippen LogP contribution in [0, 0.1) is 11.8 Å². The highest BCUT2D eigenvalue weighted by molar-refractivity contribution is 4.67. The van der Waals surface area contributed by atoms with Crippen molar-refractivity contribution in [2.75, 3.05) is 40.3 Å². The predicted molar refractivity (Wildman–Crippen MR) is 67.2 cm³/mol. The number of hydrogen-bond donors (Lipinski definition) is 0. The molecule has 0 saturated carbocycles. The highest BCUT2D eigenvalue weighted by Gasteiger charge is 2.13. The summed E-state index contributed by atoms with van der Waals surface area (Å²) in [6.07, 6.45) is 4.20. The second kappa shape index (κ2) is 6.49. The van der Waals surface area contributed by atoms with Gasteiger partial charge in [0.15, 0.2) is 0 Å². The van der Waals surface area contributed by atoms with Crippen molar-refractivity contribution < 1.29 is 0 Å². The third-order valence-electron chi connectivity index (χ3n) is 3.63. The van der Waals surface area contributed by atoms with Crippen LogP contribution in [0.25, 0.3) is 0 Å². The van der Waals surface area contributed by atoms with Gasteiger partial charge in [0.05, 0.1) is 0 Å². The fourth-order valence-electron chi connectivity index (χ4n) is 2.29. The average molecular weight is 212 g/mol. The minimum absolute atomic E-state index is 0.949. The molecule has 2 heteroatoms. The van der Waals surface area contributed by atoms with Gasteiger partial charge >= 0.3 is 0 Å². The van der Waals surface area contributed by atoms with Crippen LogP contribution in [0.1, 0.15) is 33.1 Å². The van der Waals surface area contributed by atoms with E-state index in [1.165, 1.54) is 45.4 Å². The molecule has 2 nitrogen and oxygen atoms in total. The van der Waals surface area contributed by atoms with Crippen molar-refractivity contribution in [3.8, 4) is 0 Å². The number of piperidine rings is 1. The van der Waals surface area contributed by atoms with Gasteiger partial charge in [0, 0.05) is 6.54 Å². The van der Waals surface area contributed by atoms with Crippen LogP contribution in [0.2, 0.25) is 0 Å². The molecule has 1 atom stereocenters. The van der Waals surface area contributed by atoms with Crippen molar-refractivity contribution in [3.05, 3.63) is 0 Å². The molecule has 0 aromatic heterocycles. The van der Waals surface area contributed by atoms with Gasteiger partial charge in [0.2, 0.25) is 0 Å². The molecule has 15 heavy (non-hydrogen) atoms. The molecular weight excluding hydrogens is 184 g/mol. The molecule has 0 N–H and O–H groups in total. The Morgan fingerprint density at radius 2 is 1.20 bits per heavy atom. The van der Waals surface area contributed by atoms with Crippen molar-refractivity contribution in [2.45, 2.75) is 33.1 Å². The van der Waals surface area contributed by atoms with Crippen LogP contribution < -0.4 is 0 Å². The van der Waals surface area contributed by atoms with Gasteiger partial charge in [0.25, 0.3) is 0 Å². The number of rotatable bonds is 0. The lowest BCUT2D eigenvalue weighted by molar-refractivity contribution is 0.230. The van der Waals surface area contributed by atoms with Crippen LogP contribution >= 0.6 is 0 Å². The first-order chi connectivity index (χ1) is 7.08. The van der Waals surface area contributed by atoms with E-state index in [0.717, 1.165) is 11.8 Å². The molecule has 0 aliphatic carbocycles. The average Bonchev–Trinajstić information content (AvgIpc) is 2.56. The lowest BCUT2D eigenvalue weighted by atomic mass is 10.00. The summed E-state index contributed by atoms with van der Waals surface area (Å²) in [6, 6.07) is 0. The third kappa shape index (κ3) is 5.53. The van der Waals surface area contributed by atoms with Gasteiger partial charge in [-0.3, -0.25) is 0 Å². The van der Waals surface area contributed by atoms with Gasteiger partial charge in [-0.2, -0.15) is 0 Å². The van der Waals surface area contributed by atoms with E-state index in [0.29, 0.717) is 0 Å². The summed E-state index contributed by atoms with van der Waals surface area (Å²) >= 11 is 0. The Labute approximate surface area is 95.6 Å². The maximum atomic E-state index is 2.40. The largest absolute Gasteiger partial charge is 0.306 e. The molecule has 0 amide bonds. The number of hydrogen-bond acceptors (Lipinski definition) is 2. The van der Waals surface area contributed by atoms with Gasteiger partial charge in [-0.1, -0.05) is 13.8 Å². The van der Waals surface area contributed by atoms with Crippen LogP contribution in [0.5, 0.6) is 0 Å². The lowest BCUT2D eigenvalue weighted by Gasteiger charge is -2.26. The van der Waals surface area contributed by atoms with Gasteiger partial charge in [-0.25, -0.2) is 0 Å². The zero-order valence-electron chi connectivity index (χ0n) is 11.0. The number of nitrogens with zero attached hydrogens (tertiary/aromatic N) is 2. The van der Waals surface area contributed by atoms with E-state index in [1.54, 1.807) is 0 Å². The minimum Gasteiger partial charge on any atom is -0.306 e. The van der Waals surface area contributed by atoms with Gasteiger partial charge in [-0.05, 0) is 64.8 Å². The van der Waals surface area contributed by atoms with E-state index < -0.39 is 0 Å². The van der Waals surface area contributed by atoms with Crippen LogP contribution in [-0.2, 0) is 0 Å². The Kier molecular flexibility index (Phi) is 5.62. The zero-order chi connectivity index (χ0) is 11.3. The topological polar surface area (TPSA) is 6.48 Å². The Bertz CT molecular complexity index is 144. The van der Waals surface area contributed by atoms with E-state index in [2.05, 4.69) is 37.7 Å². The quantitative estimate of drug-likeness (QED) is 0.608. The van der Waals surface area contributed by atoms with Crippen LogP contribution in [0.3, 0.4) is 0 Å². The second-order valence-corrected chi connectivity index (χ2v) is 5.64. The molecule has 2 aliphatic heterocycles. The SMILES string of the molecule is CC1CCN(C)CC1.C[C@H]1CCN(C)C1. The van der Waals surface area contributed by atoms with E-state index in [4.69, 9.17) is 0 Å². The minimum atomic E-state index is 0.949. The summed E-state index contributed by atoms with van der Waals surface area (Å²) in [5, 5.41) is 0. The maximum absolute atomic E-state index is 2.40. The van der Waals surface area contributed by atoms with Crippen molar-refractivity contribution in [1.82, 2.24) is 9.80 Å². The standard InChI is InChI=1S/C7H15N.C6H13N/c1-7-3-5-8(2)6-4-7;1-6-3-4-7(2)5-6/h7H,3-6H2,1-2H3;6H,3-5H2,1-2H3/t;6-/m.0/s1. The normalized spacial score (nSPS) is 30.0. The first-order valence-corrected chi connectivity index (χ1v) is 6.45. The summed E-state index contributed by atoms with van der Waals surface area (Å²) in [5.41, 5.74) is 0. The summed E-state index contributed by atoms with van der Waals surface area (Å²) in [6.45, 7) is 9.88. The molecule has 0 aromatic rings. The summed E-state index contributed by atoms with van der Waals surface area (Å²) < 4.78 is 0. The van der Waals surface area contributed by atoms with E-state index in [1.807, 2.05) is 0 Å². The zero-order valence-corrected chi connectivity index (χ0v) is 11.0. The van der Waals surface area contributed by atoms with Crippen molar-refractivity contribution in [1.29, 1.82) is 0 Å². The fraction of sp³-hybridized carbons (Fsp3) is 1.00. The molecule has 0 aromatic carbocycles. The van der Waals surface area contributed by atoms with Crippen molar-refractivity contribution in [3.63, 3.8) is 0 Å². The molecule has 2 aliphatic rings. The Morgan fingerprint density at radius 1 is 0.733 bits per heavy atom. The smallest absolute Gasteiger partial charge is 0.000445 e. The molecular formula is C13H28N2. The molecule has 2 fully saturated rings. The third-order valence-corrected chi connectivity index (χ3v) is 3.63. The van der Waals surface area contributed by atoms with Gasteiger partial charge in [0.1, 0.15) is 0 Å². The Balaban J connectivity index is 0.000000151. The van der Waals surface area contributed by atoms with Gasteiger partial charge in [-0.15, -0.1) is 0 Å². The van der Waals surface area contributed by atoms with Crippen molar-refractivity contribution >= 4 is 0 Å². The lowest BCUT2D eigenvalue weighted by Crippen LogP contribution is -2.28. The monoisotopic (exact) mass is 212 g/mol. The van der Waals surface area contributed by atoms with Crippen LogP contribution in [0.15, 0.2) is 0 Å². The van der Waals surface area contributed by atoms with E-state index in [9.17, 15) is 0 Å². The second-order valence-electron chi connectivity index (χ2n) is 5.64. The Hall–Kier alpha value is -0.0800. The van der Waals surface area contributed by atoms with Crippen molar-refractivity contribution in [2.24, 2.45) is 11.8 Å². The molecule has 2 heterocycles. The first kappa shape index (κ1) is 13.0. The van der Waals surface area contributed by atoms with Crippen LogP contribution in [-0.4, -0.2) is 50.1 Å². The molecule has 2 saturated heterocycles. The fourth-order valence-corrected chi connectivity index (χ4v) is 2.29. The summed E-state index contributed by atoms with van der Waals surface area (Å²) in [7, 11) is 4.38. The molecule has 0 spiro atoms. The van der Waals surface area contributed by atoms with Crippen LogP contribution in [0.4, 0.5) is 0 Å². The Morgan fingerprint density at radius 3 is 1.47 bits per heavy atom. The summed E-state index contributed by atoms with van der Waals surface area (Å²) in [4.78, 5) is 4.78. The molecule has 0 unspecified atom stereocenters. The number of likely N-dealkylation sites (tertiary alicyclic amines) is 2. The van der Waals surface area contributed by atoms with E-state index >= 15 is 0 Å². The highest BCUT2D eigenvalue weighted by atomic mass is 15.1. The summed E-state index contributed by atoms with van der Waals surface area (Å²) in [5.74, 6) is 1.93. The molecule has 2 rings (SSSR count). The predicted octanol–water partition coefficient (Wildman–Crippen LogP) is 2.31. The molecule has 0 bridgehead atoms. The van der Waals surface area contributed by atoms with E-state index in [-0.39, 0.29) is 0 Å². The maximum Gasteiger partial charge on any atom is 0.000445 e.